The first kappa shape index (κ1) is 32.5. The second kappa shape index (κ2) is 13.1. The Labute approximate surface area is 257 Å². The molecule has 232 valence electrons. The zero-order valence-electron chi connectivity index (χ0n) is 24.5. The fourth-order valence-electron chi connectivity index (χ4n) is 4.46. The summed E-state index contributed by atoms with van der Waals surface area (Å²) in [5, 5.41) is 7.67. The van der Waals surface area contributed by atoms with Crippen LogP contribution in [0.2, 0.25) is 5.02 Å². The lowest BCUT2D eigenvalue weighted by atomic mass is 9.99. The molecule has 0 unspecified atom stereocenters. The molecule has 0 bridgehead atoms. The molecule has 44 heavy (non-hydrogen) atoms. The number of benzene rings is 3. The van der Waals surface area contributed by atoms with Crippen LogP contribution in [0.15, 0.2) is 60.7 Å². The lowest BCUT2D eigenvalue weighted by molar-refractivity contribution is -0.120. The zero-order valence-corrected chi connectivity index (χ0v) is 25.2. The number of hydrogen-bond donors (Lipinski definition) is 3. The second-order valence-electron chi connectivity index (χ2n) is 11.1. The molecule has 0 saturated heterocycles. The number of nitrogens with zero attached hydrogens (tertiary/aromatic N) is 1. The van der Waals surface area contributed by atoms with E-state index in [9.17, 15) is 14.0 Å². The average Bonchev–Trinajstić information content (AvgIpc) is 2.93. The normalized spacial score (nSPS) is 11.8. The van der Waals surface area contributed by atoms with Crippen LogP contribution in [0.5, 0.6) is 0 Å². The lowest BCUT2D eigenvalue weighted by Crippen LogP contribution is -2.28. The summed E-state index contributed by atoms with van der Waals surface area (Å²) in [5.74, 6) is -5.35. The molecule has 3 aromatic carbocycles. The Morgan fingerprint density at radius 1 is 0.955 bits per heavy atom. The van der Waals surface area contributed by atoms with Crippen LogP contribution in [0.25, 0.3) is 10.8 Å². The number of halogens is 5. The molecule has 0 aliphatic carbocycles. The van der Waals surface area contributed by atoms with Crippen LogP contribution in [-0.2, 0) is 28.4 Å². The number of rotatable bonds is 9. The zero-order chi connectivity index (χ0) is 32.2. The van der Waals surface area contributed by atoms with E-state index in [1.165, 1.54) is 48.5 Å². The van der Waals surface area contributed by atoms with Gasteiger partial charge >= 0.3 is 6.09 Å². The summed E-state index contributed by atoms with van der Waals surface area (Å²) in [6, 6.07) is 13.6. The standard InChI is InChI=1S/C32H31ClF4N4O3/c1-18-19(11-14-27(40-18)41-30(43)44-31(2,3)4)16-38-28(42)15-22-24(33)12-13-26(29(22)35)39-17-32(36,37)23-9-5-8-21-20(23)7-6-10-25(21)34/h5-14,39H,15-17H2,1-4H3,(H,38,42)(H,40,41,43). The van der Waals surface area contributed by atoms with Crippen LogP contribution >= 0.6 is 11.6 Å². The Kier molecular flexibility index (Phi) is 9.68. The lowest BCUT2D eigenvalue weighted by Gasteiger charge is -2.21. The quantitative estimate of drug-likeness (QED) is 0.164. The van der Waals surface area contributed by atoms with Gasteiger partial charge in [0.2, 0.25) is 5.91 Å². The van der Waals surface area contributed by atoms with Crippen LogP contribution in [0.1, 0.15) is 43.2 Å². The minimum Gasteiger partial charge on any atom is -0.444 e. The van der Waals surface area contributed by atoms with E-state index in [2.05, 4.69) is 20.9 Å². The minimum atomic E-state index is -3.49. The number of ether oxygens (including phenoxy) is 1. The Hall–Kier alpha value is -4.38. The van der Waals surface area contributed by atoms with Gasteiger partial charge in [-0.15, -0.1) is 0 Å². The third kappa shape index (κ3) is 7.96. The third-order valence-electron chi connectivity index (χ3n) is 6.59. The molecule has 4 rings (SSSR count). The second-order valence-corrected chi connectivity index (χ2v) is 11.5. The molecule has 4 aromatic rings. The highest BCUT2D eigenvalue weighted by molar-refractivity contribution is 6.31. The van der Waals surface area contributed by atoms with Gasteiger partial charge in [-0.25, -0.2) is 18.6 Å². The van der Waals surface area contributed by atoms with E-state index in [1.807, 2.05) is 0 Å². The number of aromatic nitrogens is 1. The molecule has 0 spiro atoms. The molecule has 3 N–H and O–H groups in total. The van der Waals surface area contributed by atoms with E-state index >= 15 is 13.2 Å². The van der Waals surface area contributed by atoms with E-state index in [4.69, 9.17) is 16.3 Å². The number of carbonyl (C=O) groups excluding carboxylic acids is 2. The molecule has 0 radical (unpaired) electrons. The summed E-state index contributed by atoms with van der Waals surface area (Å²) in [6.07, 6.45) is -1.11. The van der Waals surface area contributed by atoms with Gasteiger partial charge in [0.05, 0.1) is 18.7 Å². The number of anilines is 2. The number of hydrogen-bond acceptors (Lipinski definition) is 5. The van der Waals surface area contributed by atoms with Crippen LogP contribution in [0.4, 0.5) is 33.9 Å². The molecule has 0 atom stereocenters. The summed E-state index contributed by atoms with van der Waals surface area (Å²) < 4.78 is 65.2. The van der Waals surface area contributed by atoms with Crippen molar-refractivity contribution in [1.82, 2.24) is 10.3 Å². The Morgan fingerprint density at radius 3 is 2.36 bits per heavy atom. The van der Waals surface area contributed by atoms with Crippen molar-refractivity contribution in [3.8, 4) is 0 Å². The van der Waals surface area contributed by atoms with Crippen LogP contribution in [-0.4, -0.2) is 29.1 Å². The fraction of sp³-hybridized carbons (Fsp3) is 0.281. The van der Waals surface area contributed by atoms with Crippen molar-refractivity contribution in [3.05, 3.63) is 99.7 Å². The minimum absolute atomic E-state index is 0.0464. The summed E-state index contributed by atoms with van der Waals surface area (Å²) in [7, 11) is 0. The average molecular weight is 631 g/mol. The predicted molar refractivity (Wildman–Crippen MR) is 162 cm³/mol. The van der Waals surface area contributed by atoms with E-state index in [-0.39, 0.29) is 39.4 Å². The number of alkyl halides is 2. The van der Waals surface area contributed by atoms with Crippen molar-refractivity contribution in [2.45, 2.75) is 52.2 Å². The topological polar surface area (TPSA) is 92.3 Å². The van der Waals surface area contributed by atoms with Crippen LogP contribution in [0, 0.1) is 18.6 Å². The van der Waals surface area contributed by atoms with Crippen molar-refractivity contribution < 1.29 is 31.9 Å². The van der Waals surface area contributed by atoms with Crippen molar-refractivity contribution in [2.75, 3.05) is 17.2 Å². The molecule has 1 heterocycles. The Balaban J connectivity index is 1.40. The summed E-state index contributed by atoms with van der Waals surface area (Å²) in [6.45, 7) is 5.96. The van der Waals surface area contributed by atoms with Crippen molar-refractivity contribution >= 4 is 45.9 Å². The number of pyridine rings is 1. The number of amides is 2. The van der Waals surface area contributed by atoms with Gasteiger partial charge in [0.25, 0.3) is 5.92 Å². The van der Waals surface area contributed by atoms with E-state index in [0.717, 1.165) is 0 Å². The number of fused-ring (bicyclic) bond motifs is 1. The number of carbonyl (C=O) groups is 2. The Morgan fingerprint density at radius 2 is 1.66 bits per heavy atom. The maximum absolute atomic E-state index is 15.4. The molecule has 0 aliphatic heterocycles. The number of aryl methyl sites for hydroxylation is 1. The van der Waals surface area contributed by atoms with Gasteiger partial charge in [0.15, 0.2) is 5.82 Å². The van der Waals surface area contributed by atoms with Crippen molar-refractivity contribution in [2.24, 2.45) is 0 Å². The first-order valence-electron chi connectivity index (χ1n) is 13.6. The van der Waals surface area contributed by atoms with Gasteiger partial charge in [-0.05, 0) is 62.9 Å². The molecule has 7 nitrogen and oxygen atoms in total. The highest BCUT2D eigenvalue weighted by Gasteiger charge is 2.34. The highest BCUT2D eigenvalue weighted by atomic mass is 35.5. The summed E-state index contributed by atoms with van der Waals surface area (Å²) in [4.78, 5) is 29.0. The molecule has 1 aromatic heterocycles. The largest absolute Gasteiger partial charge is 0.444 e. The molecule has 2 amide bonds. The number of nitrogens with one attached hydrogen (secondary N) is 3. The summed E-state index contributed by atoms with van der Waals surface area (Å²) in [5.41, 5.74) is -0.344. The van der Waals surface area contributed by atoms with Crippen LogP contribution in [0.3, 0.4) is 0 Å². The van der Waals surface area contributed by atoms with Crippen molar-refractivity contribution in [3.63, 3.8) is 0 Å². The van der Waals surface area contributed by atoms with Crippen molar-refractivity contribution in [1.29, 1.82) is 0 Å². The fourth-order valence-corrected chi connectivity index (χ4v) is 4.67. The van der Waals surface area contributed by atoms with E-state index in [1.54, 1.807) is 39.8 Å². The van der Waals surface area contributed by atoms with E-state index in [0.29, 0.717) is 11.3 Å². The van der Waals surface area contributed by atoms with Gasteiger partial charge in [-0.2, -0.15) is 8.78 Å². The monoisotopic (exact) mass is 630 g/mol. The van der Waals surface area contributed by atoms with Crippen LogP contribution < -0.4 is 16.0 Å². The molecular formula is C32H31ClF4N4O3. The van der Waals surface area contributed by atoms with Gasteiger partial charge in [0.1, 0.15) is 17.2 Å². The summed E-state index contributed by atoms with van der Waals surface area (Å²) >= 11 is 6.17. The molecule has 0 aliphatic rings. The van der Waals surface area contributed by atoms with Gasteiger partial charge in [-0.3, -0.25) is 10.1 Å². The SMILES string of the molecule is Cc1nc(NC(=O)OC(C)(C)C)ccc1CNC(=O)Cc1c(Cl)ccc(NCC(F)(F)c2cccc3c(F)cccc23)c1F. The Bertz CT molecular complexity index is 1710. The molecular weight excluding hydrogens is 600 g/mol. The van der Waals surface area contributed by atoms with E-state index < -0.39 is 53.7 Å². The molecule has 0 saturated carbocycles. The van der Waals surface area contributed by atoms with Gasteiger partial charge in [0, 0.05) is 33.8 Å². The highest BCUT2D eigenvalue weighted by Crippen LogP contribution is 2.35. The molecule has 12 heteroatoms. The maximum Gasteiger partial charge on any atom is 0.413 e. The first-order valence-corrected chi connectivity index (χ1v) is 14.0. The maximum atomic E-state index is 15.4. The smallest absolute Gasteiger partial charge is 0.413 e. The predicted octanol–water partition coefficient (Wildman–Crippen LogP) is 7.88. The molecule has 0 fully saturated rings. The third-order valence-corrected chi connectivity index (χ3v) is 6.94. The van der Waals surface area contributed by atoms with Gasteiger partial charge in [-0.1, -0.05) is 48.0 Å². The first-order chi connectivity index (χ1) is 20.6. The van der Waals surface area contributed by atoms with Gasteiger partial charge < -0.3 is 15.4 Å².